The molecule has 1 amide bonds. The molecule has 0 saturated carbocycles. The van der Waals surface area contributed by atoms with E-state index in [2.05, 4.69) is 5.32 Å². The van der Waals surface area contributed by atoms with E-state index in [-0.39, 0.29) is 0 Å². The van der Waals surface area contributed by atoms with Crippen molar-refractivity contribution in [2.45, 2.75) is 26.4 Å². The maximum atomic E-state index is 12.0. The number of hydrogen-bond donors (Lipinski definition) is 2. The van der Waals surface area contributed by atoms with Crippen molar-refractivity contribution in [3.8, 4) is 0 Å². The van der Waals surface area contributed by atoms with Crippen LogP contribution in [0.25, 0.3) is 0 Å². The average molecular weight is 246 g/mol. The Morgan fingerprint density at radius 1 is 1.29 bits per heavy atom. The number of nitrogen functional groups attached to an aromatic ring is 1. The fraction of sp³-hybridized carbons (Fsp3) is 0.364. The molecular formula is C11H13F3N2O. The standard InChI is InChI=1S/C11H13F3N2O/c1-6-3-7(2)9(4-8(6)15)16-10(17)5-11(12,13)14/h3-4H,5,15H2,1-2H3,(H,16,17). The van der Waals surface area contributed by atoms with Crippen LogP contribution in [0.3, 0.4) is 0 Å². The summed E-state index contributed by atoms with van der Waals surface area (Å²) in [6.45, 7) is 3.47. The molecule has 0 aromatic heterocycles. The number of benzene rings is 1. The number of nitrogens with two attached hydrogens (primary N) is 1. The summed E-state index contributed by atoms with van der Waals surface area (Å²) < 4.78 is 35.9. The van der Waals surface area contributed by atoms with Crippen molar-refractivity contribution in [3.05, 3.63) is 23.3 Å². The fourth-order valence-electron chi connectivity index (χ4n) is 1.38. The third-order valence-corrected chi connectivity index (χ3v) is 2.25. The van der Waals surface area contributed by atoms with E-state index in [1.54, 1.807) is 19.9 Å². The number of nitrogens with one attached hydrogen (secondary N) is 1. The van der Waals surface area contributed by atoms with E-state index in [9.17, 15) is 18.0 Å². The molecule has 1 aromatic rings. The molecule has 0 fully saturated rings. The van der Waals surface area contributed by atoms with Gasteiger partial charge in [-0.3, -0.25) is 4.79 Å². The summed E-state index contributed by atoms with van der Waals surface area (Å²) in [5.74, 6) is -1.09. The molecule has 6 heteroatoms. The lowest BCUT2D eigenvalue weighted by Gasteiger charge is -2.12. The summed E-state index contributed by atoms with van der Waals surface area (Å²) in [5.41, 5.74) is 7.84. The van der Waals surface area contributed by atoms with Crippen LogP contribution in [0.4, 0.5) is 24.5 Å². The summed E-state index contributed by atoms with van der Waals surface area (Å²) in [7, 11) is 0. The van der Waals surface area contributed by atoms with Gasteiger partial charge in [-0.25, -0.2) is 0 Å². The number of rotatable bonds is 2. The number of carbonyl (C=O) groups excluding carboxylic acids is 1. The summed E-state index contributed by atoms with van der Waals surface area (Å²) in [5, 5.41) is 2.20. The van der Waals surface area contributed by atoms with E-state index in [1.165, 1.54) is 6.07 Å². The van der Waals surface area contributed by atoms with Gasteiger partial charge in [-0.2, -0.15) is 13.2 Å². The molecular weight excluding hydrogens is 233 g/mol. The smallest absolute Gasteiger partial charge is 0.397 e. The molecule has 0 unspecified atom stereocenters. The minimum Gasteiger partial charge on any atom is -0.398 e. The second kappa shape index (κ2) is 4.65. The topological polar surface area (TPSA) is 55.1 Å². The molecule has 3 N–H and O–H groups in total. The van der Waals surface area contributed by atoms with Crippen LogP contribution in [0.5, 0.6) is 0 Å². The highest BCUT2D eigenvalue weighted by Crippen LogP contribution is 2.24. The first-order valence-corrected chi connectivity index (χ1v) is 4.92. The van der Waals surface area contributed by atoms with Gasteiger partial charge < -0.3 is 11.1 Å². The number of carbonyl (C=O) groups is 1. The largest absolute Gasteiger partial charge is 0.398 e. The van der Waals surface area contributed by atoms with Gasteiger partial charge in [0, 0.05) is 11.4 Å². The third kappa shape index (κ3) is 3.97. The molecule has 0 bridgehead atoms. The first-order chi connectivity index (χ1) is 7.69. The van der Waals surface area contributed by atoms with Crippen LogP contribution < -0.4 is 11.1 Å². The van der Waals surface area contributed by atoms with Crippen molar-refractivity contribution >= 4 is 17.3 Å². The summed E-state index contributed by atoms with van der Waals surface area (Å²) in [4.78, 5) is 11.1. The van der Waals surface area contributed by atoms with Crippen molar-refractivity contribution in [1.29, 1.82) is 0 Å². The van der Waals surface area contributed by atoms with Crippen molar-refractivity contribution in [1.82, 2.24) is 0 Å². The van der Waals surface area contributed by atoms with Crippen LogP contribution in [0.1, 0.15) is 17.5 Å². The van der Waals surface area contributed by atoms with Crippen LogP contribution in [0, 0.1) is 13.8 Å². The van der Waals surface area contributed by atoms with Gasteiger partial charge >= 0.3 is 6.18 Å². The Kier molecular flexibility index (Phi) is 3.65. The quantitative estimate of drug-likeness (QED) is 0.788. The maximum Gasteiger partial charge on any atom is 0.397 e. The number of alkyl halides is 3. The molecule has 94 valence electrons. The molecule has 0 atom stereocenters. The minimum absolute atomic E-state index is 0.308. The molecule has 0 aliphatic rings. The van der Waals surface area contributed by atoms with Gasteiger partial charge in [-0.05, 0) is 31.0 Å². The molecule has 0 saturated heterocycles. The Labute approximate surface area is 96.8 Å². The van der Waals surface area contributed by atoms with E-state index in [0.29, 0.717) is 16.9 Å². The summed E-state index contributed by atoms with van der Waals surface area (Å²) >= 11 is 0. The number of aryl methyl sites for hydroxylation is 2. The molecule has 0 radical (unpaired) electrons. The van der Waals surface area contributed by atoms with Crippen molar-refractivity contribution in [2.75, 3.05) is 11.1 Å². The molecule has 0 aliphatic carbocycles. The number of hydrogen-bond acceptors (Lipinski definition) is 2. The van der Waals surface area contributed by atoms with Crippen LogP contribution in [-0.2, 0) is 4.79 Å². The average Bonchev–Trinajstić information content (AvgIpc) is 2.11. The lowest BCUT2D eigenvalue weighted by Crippen LogP contribution is -2.21. The molecule has 1 rings (SSSR count). The Morgan fingerprint density at radius 2 is 1.88 bits per heavy atom. The Balaban J connectivity index is 2.82. The second-order valence-corrected chi connectivity index (χ2v) is 3.86. The third-order valence-electron chi connectivity index (χ3n) is 2.25. The van der Waals surface area contributed by atoms with Gasteiger partial charge in [0.2, 0.25) is 5.91 Å². The van der Waals surface area contributed by atoms with Crippen LogP contribution in [0.15, 0.2) is 12.1 Å². The maximum absolute atomic E-state index is 12.0. The molecule has 17 heavy (non-hydrogen) atoms. The van der Waals surface area contributed by atoms with E-state index in [1.807, 2.05) is 0 Å². The zero-order valence-electron chi connectivity index (χ0n) is 9.48. The highest BCUT2D eigenvalue weighted by Gasteiger charge is 2.31. The Bertz CT molecular complexity index is 441. The van der Waals surface area contributed by atoms with Gasteiger partial charge in [0.05, 0.1) is 0 Å². The van der Waals surface area contributed by atoms with Gasteiger partial charge in [-0.1, -0.05) is 6.07 Å². The van der Waals surface area contributed by atoms with Crippen molar-refractivity contribution in [3.63, 3.8) is 0 Å². The predicted molar refractivity (Wildman–Crippen MR) is 59.6 cm³/mol. The number of amides is 1. The fourth-order valence-corrected chi connectivity index (χ4v) is 1.38. The Hall–Kier alpha value is -1.72. The molecule has 1 aromatic carbocycles. The summed E-state index contributed by atoms with van der Waals surface area (Å²) in [6, 6.07) is 3.16. The Morgan fingerprint density at radius 3 is 2.41 bits per heavy atom. The van der Waals surface area contributed by atoms with Gasteiger partial charge in [0.25, 0.3) is 0 Å². The SMILES string of the molecule is Cc1cc(C)c(NC(=O)CC(F)(F)F)cc1N. The summed E-state index contributed by atoms with van der Waals surface area (Å²) in [6.07, 6.45) is -6.01. The van der Waals surface area contributed by atoms with Gasteiger partial charge in [0.1, 0.15) is 6.42 Å². The van der Waals surface area contributed by atoms with Crippen LogP contribution in [0.2, 0.25) is 0 Å². The first-order valence-electron chi connectivity index (χ1n) is 4.92. The molecule has 0 heterocycles. The zero-order chi connectivity index (χ0) is 13.2. The normalized spacial score (nSPS) is 11.4. The van der Waals surface area contributed by atoms with Crippen molar-refractivity contribution < 1.29 is 18.0 Å². The van der Waals surface area contributed by atoms with Gasteiger partial charge in [-0.15, -0.1) is 0 Å². The van der Waals surface area contributed by atoms with Crippen LogP contribution >= 0.6 is 0 Å². The van der Waals surface area contributed by atoms with E-state index < -0.39 is 18.5 Å². The van der Waals surface area contributed by atoms with E-state index >= 15 is 0 Å². The first kappa shape index (κ1) is 13.3. The predicted octanol–water partition coefficient (Wildman–Crippen LogP) is 2.78. The van der Waals surface area contributed by atoms with Crippen molar-refractivity contribution in [2.24, 2.45) is 0 Å². The number of halogens is 3. The molecule has 0 spiro atoms. The van der Waals surface area contributed by atoms with E-state index in [0.717, 1.165) is 5.56 Å². The monoisotopic (exact) mass is 246 g/mol. The molecule has 3 nitrogen and oxygen atoms in total. The molecule has 0 aliphatic heterocycles. The van der Waals surface area contributed by atoms with Gasteiger partial charge in [0.15, 0.2) is 0 Å². The van der Waals surface area contributed by atoms with E-state index in [4.69, 9.17) is 5.73 Å². The highest BCUT2D eigenvalue weighted by molar-refractivity contribution is 5.92. The lowest BCUT2D eigenvalue weighted by atomic mass is 10.1. The lowest BCUT2D eigenvalue weighted by molar-refractivity contribution is -0.150. The minimum atomic E-state index is -4.51. The zero-order valence-corrected chi connectivity index (χ0v) is 9.48. The van der Waals surface area contributed by atoms with Crippen LogP contribution in [-0.4, -0.2) is 12.1 Å². The number of anilines is 2. The second-order valence-electron chi connectivity index (χ2n) is 3.86. The highest BCUT2D eigenvalue weighted by atomic mass is 19.4.